The molecule has 0 bridgehead atoms. The molecule has 3 heterocycles. The van der Waals surface area contributed by atoms with Crippen molar-refractivity contribution in [3.63, 3.8) is 0 Å². The monoisotopic (exact) mass is 524 g/mol. The molecule has 0 radical (unpaired) electrons. The van der Waals surface area contributed by atoms with Crippen LogP contribution in [-0.4, -0.2) is 102 Å². The molecule has 0 spiro atoms. The highest BCUT2D eigenvalue weighted by Crippen LogP contribution is 2.32. The number of aliphatic hydroxyl groups is 1. The summed E-state index contributed by atoms with van der Waals surface area (Å²) in [6.07, 6.45) is 7.34. The van der Waals surface area contributed by atoms with Gasteiger partial charge in [-0.3, -0.25) is 19.3 Å². The van der Waals surface area contributed by atoms with Crippen molar-refractivity contribution in [2.75, 3.05) is 44.2 Å². The zero-order valence-corrected chi connectivity index (χ0v) is 22.1. The summed E-state index contributed by atoms with van der Waals surface area (Å²) in [6.45, 7) is 4.12. The van der Waals surface area contributed by atoms with Crippen molar-refractivity contribution in [1.82, 2.24) is 15.1 Å². The zero-order chi connectivity index (χ0) is 26.2. The Balaban J connectivity index is 1.13. The summed E-state index contributed by atoms with van der Waals surface area (Å²) in [4.78, 5) is 46.1. The minimum Gasteiger partial charge on any atom is -0.388 e. The summed E-state index contributed by atoms with van der Waals surface area (Å²) in [5.74, 6) is -0.727. The average molecular weight is 525 g/mol. The Hall–Kier alpha value is -2.49. The molecule has 3 aliphatic heterocycles. The van der Waals surface area contributed by atoms with Gasteiger partial charge >= 0.3 is 0 Å². The minimum atomic E-state index is -0.888. The van der Waals surface area contributed by atoms with Crippen molar-refractivity contribution in [2.45, 2.75) is 81.7 Å². The molecule has 5 aliphatic rings. The highest BCUT2D eigenvalue weighted by atomic mass is 16.5. The molecule has 9 heteroatoms. The minimum absolute atomic E-state index is 0.0139. The third-order valence-corrected chi connectivity index (χ3v) is 9.51. The lowest BCUT2D eigenvalue weighted by Crippen LogP contribution is -2.55. The van der Waals surface area contributed by atoms with Gasteiger partial charge in [-0.2, -0.15) is 0 Å². The van der Waals surface area contributed by atoms with Crippen LogP contribution in [0.3, 0.4) is 0 Å². The summed E-state index contributed by atoms with van der Waals surface area (Å²) in [5, 5.41) is 13.4. The van der Waals surface area contributed by atoms with Gasteiger partial charge < -0.3 is 25.0 Å². The maximum atomic E-state index is 13.8. The first-order valence-corrected chi connectivity index (χ1v) is 14.5. The predicted octanol–water partition coefficient (Wildman–Crippen LogP) is 1.58. The van der Waals surface area contributed by atoms with Crippen LogP contribution < -0.4 is 10.2 Å². The van der Waals surface area contributed by atoms with Gasteiger partial charge in [0.05, 0.1) is 6.54 Å². The predicted molar refractivity (Wildman–Crippen MR) is 142 cm³/mol. The molecule has 1 aromatic rings. The second kappa shape index (κ2) is 10.9. The van der Waals surface area contributed by atoms with E-state index in [1.54, 1.807) is 0 Å². The van der Waals surface area contributed by atoms with Gasteiger partial charge in [0, 0.05) is 43.5 Å². The second-order valence-corrected chi connectivity index (χ2v) is 11.7. The molecular weight excluding hydrogens is 484 g/mol. The Bertz CT molecular complexity index is 1030. The summed E-state index contributed by atoms with van der Waals surface area (Å²) in [6, 6.07) is 6.98. The fourth-order valence-corrected chi connectivity index (χ4v) is 7.03. The van der Waals surface area contributed by atoms with Crippen LogP contribution in [0, 0.1) is 5.92 Å². The van der Waals surface area contributed by atoms with Crippen molar-refractivity contribution in [3.8, 4) is 0 Å². The lowest BCUT2D eigenvalue weighted by atomic mass is 9.83. The topological polar surface area (TPSA) is 102 Å². The number of nitrogens with one attached hydrogen (secondary N) is 1. The van der Waals surface area contributed by atoms with E-state index in [0.717, 1.165) is 70.0 Å². The van der Waals surface area contributed by atoms with E-state index in [4.69, 9.17) is 4.74 Å². The standard InChI is InChI=1S/C29H40N4O5/c34-23-17-33(26-24(35)18-38-27(23)26)29(37)25(19-5-2-1-3-6-19)30-28(36)20-9-11-22(12-10-20)32-15-13-31(14-16-32)21-7-4-8-21/h9-12,19,21,23,25-27,34H,1-8,13-18H2,(H,30,36)/t23-,25-,26+,27+/m0/s1. The van der Waals surface area contributed by atoms with E-state index in [1.807, 2.05) is 24.3 Å². The Labute approximate surface area is 224 Å². The number of nitrogens with zero attached hydrogens (tertiary/aromatic N) is 3. The maximum Gasteiger partial charge on any atom is 0.251 e. The Morgan fingerprint density at radius 2 is 1.66 bits per heavy atom. The van der Waals surface area contributed by atoms with Crippen LogP contribution in [0.4, 0.5) is 5.69 Å². The fourth-order valence-electron chi connectivity index (χ4n) is 7.03. The Morgan fingerprint density at radius 1 is 0.947 bits per heavy atom. The summed E-state index contributed by atoms with van der Waals surface area (Å²) < 4.78 is 5.46. The molecule has 0 unspecified atom stereocenters. The van der Waals surface area contributed by atoms with Crippen LogP contribution >= 0.6 is 0 Å². The van der Waals surface area contributed by atoms with Crippen LogP contribution in [0.5, 0.6) is 0 Å². The number of ether oxygens (including phenoxy) is 1. The number of hydrogen-bond acceptors (Lipinski definition) is 7. The Morgan fingerprint density at radius 3 is 2.32 bits per heavy atom. The molecule has 3 saturated heterocycles. The van der Waals surface area contributed by atoms with E-state index in [-0.39, 0.29) is 36.7 Å². The third kappa shape index (κ3) is 4.96. The van der Waals surface area contributed by atoms with Crippen LogP contribution in [0.1, 0.15) is 61.7 Å². The molecule has 1 aromatic carbocycles. The SMILES string of the molecule is O=C(N[C@H](C(=O)N1C[C@H](O)[C@H]2OCC(=O)[C@H]21)C1CCCCC1)c1ccc(N2CCN(C3CCC3)CC2)cc1. The van der Waals surface area contributed by atoms with Crippen LogP contribution in [0.15, 0.2) is 24.3 Å². The number of benzene rings is 1. The molecule has 2 N–H and O–H groups in total. The van der Waals surface area contributed by atoms with E-state index in [9.17, 15) is 19.5 Å². The van der Waals surface area contributed by atoms with Gasteiger partial charge in [0.2, 0.25) is 5.91 Å². The maximum absolute atomic E-state index is 13.8. The average Bonchev–Trinajstić information content (AvgIpc) is 3.47. The molecule has 38 heavy (non-hydrogen) atoms. The number of piperazine rings is 1. The zero-order valence-electron chi connectivity index (χ0n) is 22.1. The number of fused-ring (bicyclic) bond motifs is 1. The first-order chi connectivity index (χ1) is 18.5. The molecule has 6 rings (SSSR count). The van der Waals surface area contributed by atoms with E-state index >= 15 is 0 Å². The van der Waals surface area contributed by atoms with E-state index < -0.39 is 24.3 Å². The number of carbonyl (C=O) groups excluding carboxylic acids is 3. The number of hydrogen-bond donors (Lipinski definition) is 2. The van der Waals surface area contributed by atoms with Crippen molar-refractivity contribution in [3.05, 3.63) is 29.8 Å². The van der Waals surface area contributed by atoms with Gasteiger partial charge in [-0.25, -0.2) is 0 Å². The molecule has 0 aromatic heterocycles. The third-order valence-electron chi connectivity index (χ3n) is 9.51. The van der Waals surface area contributed by atoms with Gasteiger partial charge in [0.15, 0.2) is 5.78 Å². The quantitative estimate of drug-likeness (QED) is 0.583. The van der Waals surface area contributed by atoms with Gasteiger partial charge in [-0.1, -0.05) is 25.7 Å². The highest BCUT2D eigenvalue weighted by molar-refractivity contribution is 5.99. The van der Waals surface area contributed by atoms with Gasteiger partial charge in [-0.15, -0.1) is 0 Å². The second-order valence-electron chi connectivity index (χ2n) is 11.7. The first kappa shape index (κ1) is 25.8. The fraction of sp³-hybridized carbons (Fsp3) is 0.690. The van der Waals surface area contributed by atoms with Crippen molar-refractivity contribution < 1.29 is 24.2 Å². The number of rotatable bonds is 6. The molecule has 4 atom stereocenters. The number of ketones is 1. The number of amides is 2. The lowest BCUT2D eigenvalue weighted by molar-refractivity contribution is -0.139. The normalized spacial score (nSPS) is 29.7. The first-order valence-electron chi connectivity index (χ1n) is 14.5. The molecule has 9 nitrogen and oxygen atoms in total. The number of β-amino-alcohol motifs (C(OH)–C–C–N with tert-alkyl or cyclic N) is 1. The summed E-state index contributed by atoms with van der Waals surface area (Å²) in [7, 11) is 0. The summed E-state index contributed by atoms with van der Waals surface area (Å²) in [5.41, 5.74) is 1.64. The summed E-state index contributed by atoms with van der Waals surface area (Å²) >= 11 is 0. The molecule has 5 fully saturated rings. The molecule has 2 aliphatic carbocycles. The number of aliphatic hydroxyl groups excluding tert-OH is 1. The molecule has 2 saturated carbocycles. The molecule has 2 amide bonds. The molecule has 206 valence electrons. The number of likely N-dealkylation sites (tertiary alicyclic amines) is 1. The van der Waals surface area contributed by atoms with Crippen LogP contribution in [-0.2, 0) is 14.3 Å². The van der Waals surface area contributed by atoms with Gasteiger partial charge in [-0.05, 0) is 55.9 Å². The largest absolute Gasteiger partial charge is 0.388 e. The van der Waals surface area contributed by atoms with E-state index in [2.05, 4.69) is 15.1 Å². The lowest BCUT2D eigenvalue weighted by Gasteiger charge is -2.43. The number of carbonyl (C=O) groups is 3. The van der Waals surface area contributed by atoms with Crippen molar-refractivity contribution >= 4 is 23.3 Å². The highest BCUT2D eigenvalue weighted by Gasteiger charge is 2.53. The number of anilines is 1. The van der Waals surface area contributed by atoms with Crippen LogP contribution in [0.2, 0.25) is 0 Å². The smallest absolute Gasteiger partial charge is 0.251 e. The molecular formula is C29H40N4O5. The van der Waals surface area contributed by atoms with Gasteiger partial charge in [0.25, 0.3) is 5.91 Å². The Kier molecular flexibility index (Phi) is 7.42. The number of Topliss-reactive ketones (excluding diaryl/α,β-unsaturated/α-hetero) is 1. The van der Waals surface area contributed by atoms with Crippen LogP contribution in [0.25, 0.3) is 0 Å². The van der Waals surface area contributed by atoms with E-state index in [1.165, 1.54) is 24.2 Å². The van der Waals surface area contributed by atoms with E-state index in [0.29, 0.717) is 5.56 Å². The van der Waals surface area contributed by atoms with Crippen molar-refractivity contribution in [1.29, 1.82) is 0 Å². The van der Waals surface area contributed by atoms with Gasteiger partial charge in [0.1, 0.15) is 30.9 Å². The van der Waals surface area contributed by atoms with Crippen molar-refractivity contribution in [2.24, 2.45) is 5.92 Å².